The first-order valence-electron chi connectivity index (χ1n) is 7.21. The van der Waals surface area contributed by atoms with E-state index in [1.54, 1.807) is 0 Å². The van der Waals surface area contributed by atoms with Crippen LogP contribution < -0.4 is 10.6 Å². The van der Waals surface area contributed by atoms with E-state index in [0.29, 0.717) is 0 Å². The van der Waals surface area contributed by atoms with E-state index >= 15 is 0 Å². The van der Waals surface area contributed by atoms with Crippen LogP contribution in [0.2, 0.25) is 0 Å². The summed E-state index contributed by atoms with van der Waals surface area (Å²) in [5, 5.41) is 6.69. The summed E-state index contributed by atoms with van der Waals surface area (Å²) in [5.41, 5.74) is 1.40. The third-order valence-corrected chi connectivity index (χ3v) is 3.02. The average molecular weight is 389 g/mol. The van der Waals surface area contributed by atoms with Crippen molar-refractivity contribution in [1.82, 2.24) is 10.6 Å². The first-order valence-corrected chi connectivity index (χ1v) is 7.21. The highest BCUT2D eigenvalue weighted by Crippen LogP contribution is 2.01. The molecule has 114 valence electrons. The molecule has 20 heavy (non-hydrogen) atoms. The van der Waals surface area contributed by atoms with Gasteiger partial charge in [0.15, 0.2) is 5.96 Å². The molecule has 1 rings (SSSR count). The van der Waals surface area contributed by atoms with E-state index in [2.05, 4.69) is 59.8 Å². The molecule has 0 saturated heterocycles. The Labute approximate surface area is 140 Å². The van der Waals surface area contributed by atoms with Gasteiger partial charge in [-0.25, -0.2) is 0 Å². The fraction of sp³-hybridized carbons (Fsp3) is 0.562. The van der Waals surface area contributed by atoms with E-state index in [-0.39, 0.29) is 24.0 Å². The molecule has 0 fully saturated rings. The first-order chi connectivity index (χ1) is 9.22. The molecule has 0 aliphatic heterocycles. The smallest absolute Gasteiger partial charge is 0.190 e. The lowest BCUT2D eigenvalue weighted by Crippen LogP contribution is -2.38. The Bertz CT molecular complexity index is 363. The molecule has 0 saturated carbocycles. The maximum absolute atomic E-state index is 4.22. The highest BCUT2D eigenvalue weighted by Gasteiger charge is 1.98. The van der Waals surface area contributed by atoms with E-state index in [1.165, 1.54) is 12.0 Å². The van der Waals surface area contributed by atoms with Crippen LogP contribution in [0.1, 0.15) is 32.3 Å². The van der Waals surface area contributed by atoms with Gasteiger partial charge >= 0.3 is 0 Å². The molecule has 0 bridgehead atoms. The van der Waals surface area contributed by atoms with Gasteiger partial charge in [0.05, 0.1) is 0 Å². The summed E-state index contributed by atoms with van der Waals surface area (Å²) in [6.07, 6.45) is 3.40. The first kappa shape index (κ1) is 19.2. The summed E-state index contributed by atoms with van der Waals surface area (Å²) in [7, 11) is 1.82. The van der Waals surface area contributed by atoms with E-state index in [1.807, 2.05) is 7.05 Å². The molecule has 1 aromatic carbocycles. The van der Waals surface area contributed by atoms with E-state index in [9.17, 15) is 0 Å². The Balaban J connectivity index is 0.00000361. The van der Waals surface area contributed by atoms with Crippen molar-refractivity contribution in [1.29, 1.82) is 0 Å². The molecule has 1 aromatic rings. The SMILES string of the molecule is CN=C(NCCCc1ccccc1)NCCC(C)C.I. The van der Waals surface area contributed by atoms with Crippen LogP contribution >= 0.6 is 24.0 Å². The van der Waals surface area contributed by atoms with Gasteiger partial charge in [0, 0.05) is 20.1 Å². The van der Waals surface area contributed by atoms with Gasteiger partial charge < -0.3 is 10.6 Å². The molecule has 0 atom stereocenters. The second kappa shape index (κ2) is 12.0. The number of nitrogens with zero attached hydrogens (tertiary/aromatic N) is 1. The highest BCUT2D eigenvalue weighted by atomic mass is 127. The normalized spacial score (nSPS) is 11.1. The molecular weight excluding hydrogens is 361 g/mol. The van der Waals surface area contributed by atoms with Crippen LogP contribution in [0.4, 0.5) is 0 Å². The molecule has 3 nitrogen and oxygen atoms in total. The maximum atomic E-state index is 4.22. The fourth-order valence-corrected chi connectivity index (χ4v) is 1.84. The zero-order valence-corrected chi connectivity index (χ0v) is 15.2. The van der Waals surface area contributed by atoms with Crippen molar-refractivity contribution in [3.63, 3.8) is 0 Å². The number of nitrogens with one attached hydrogen (secondary N) is 2. The van der Waals surface area contributed by atoms with Crippen molar-refractivity contribution >= 4 is 29.9 Å². The topological polar surface area (TPSA) is 36.4 Å². The van der Waals surface area contributed by atoms with Crippen LogP contribution in [0.3, 0.4) is 0 Å². The molecule has 2 N–H and O–H groups in total. The van der Waals surface area contributed by atoms with E-state index in [0.717, 1.165) is 37.8 Å². The molecule has 0 aliphatic carbocycles. The Kier molecular flexibility index (Phi) is 11.5. The number of guanidine groups is 1. The average Bonchev–Trinajstić information content (AvgIpc) is 2.42. The van der Waals surface area contributed by atoms with Gasteiger partial charge in [0.1, 0.15) is 0 Å². The number of benzene rings is 1. The van der Waals surface area contributed by atoms with Gasteiger partial charge in [-0.1, -0.05) is 44.2 Å². The molecule has 0 unspecified atom stereocenters. The predicted octanol–water partition coefficient (Wildman–Crippen LogP) is 3.45. The highest BCUT2D eigenvalue weighted by molar-refractivity contribution is 14.0. The van der Waals surface area contributed by atoms with Crippen molar-refractivity contribution in [2.75, 3.05) is 20.1 Å². The molecule has 0 aliphatic rings. The molecule has 0 spiro atoms. The van der Waals surface area contributed by atoms with Crippen LogP contribution in [0.5, 0.6) is 0 Å². The van der Waals surface area contributed by atoms with Crippen molar-refractivity contribution in [2.24, 2.45) is 10.9 Å². The number of halogens is 1. The van der Waals surface area contributed by atoms with Gasteiger partial charge in [-0.15, -0.1) is 24.0 Å². The third-order valence-electron chi connectivity index (χ3n) is 3.02. The second-order valence-electron chi connectivity index (χ2n) is 5.20. The Morgan fingerprint density at radius 3 is 2.35 bits per heavy atom. The van der Waals surface area contributed by atoms with Crippen molar-refractivity contribution in [3.8, 4) is 0 Å². The number of aryl methyl sites for hydroxylation is 1. The van der Waals surface area contributed by atoms with Crippen LogP contribution in [-0.2, 0) is 6.42 Å². The van der Waals surface area contributed by atoms with Crippen LogP contribution in [-0.4, -0.2) is 26.1 Å². The quantitative estimate of drug-likeness (QED) is 0.324. The number of hydrogen-bond donors (Lipinski definition) is 2. The summed E-state index contributed by atoms with van der Waals surface area (Å²) >= 11 is 0. The van der Waals surface area contributed by atoms with Crippen LogP contribution in [0, 0.1) is 5.92 Å². The minimum absolute atomic E-state index is 0. The molecular formula is C16H28IN3. The number of hydrogen-bond acceptors (Lipinski definition) is 1. The Morgan fingerprint density at radius 2 is 1.75 bits per heavy atom. The maximum Gasteiger partial charge on any atom is 0.190 e. The molecule has 0 radical (unpaired) electrons. The van der Waals surface area contributed by atoms with Gasteiger partial charge in [-0.2, -0.15) is 0 Å². The zero-order valence-electron chi connectivity index (χ0n) is 12.9. The Morgan fingerprint density at radius 1 is 1.10 bits per heavy atom. The number of rotatable bonds is 7. The van der Waals surface area contributed by atoms with Crippen LogP contribution in [0.15, 0.2) is 35.3 Å². The lowest BCUT2D eigenvalue weighted by Gasteiger charge is -2.12. The van der Waals surface area contributed by atoms with E-state index in [4.69, 9.17) is 0 Å². The minimum atomic E-state index is 0. The third kappa shape index (κ3) is 9.18. The standard InChI is InChI=1S/C16H27N3.HI/c1-14(2)11-13-19-16(17-3)18-12-7-10-15-8-5-4-6-9-15;/h4-6,8-9,14H,7,10-13H2,1-3H3,(H2,17,18,19);1H. The van der Waals surface area contributed by atoms with Gasteiger partial charge in [-0.05, 0) is 30.7 Å². The van der Waals surface area contributed by atoms with Crippen LogP contribution in [0.25, 0.3) is 0 Å². The largest absolute Gasteiger partial charge is 0.356 e. The lowest BCUT2D eigenvalue weighted by atomic mass is 10.1. The second-order valence-corrected chi connectivity index (χ2v) is 5.20. The predicted molar refractivity (Wildman–Crippen MR) is 99.0 cm³/mol. The van der Waals surface area contributed by atoms with Gasteiger partial charge in [-0.3, -0.25) is 4.99 Å². The fourth-order valence-electron chi connectivity index (χ4n) is 1.84. The summed E-state index contributed by atoms with van der Waals surface area (Å²) in [6.45, 7) is 6.40. The zero-order chi connectivity index (χ0) is 13.9. The van der Waals surface area contributed by atoms with Crippen molar-refractivity contribution in [2.45, 2.75) is 33.1 Å². The molecule has 0 heterocycles. The molecule has 4 heteroatoms. The number of aliphatic imine (C=N–C) groups is 1. The van der Waals surface area contributed by atoms with Crippen molar-refractivity contribution < 1.29 is 0 Å². The summed E-state index contributed by atoms with van der Waals surface area (Å²) in [5.74, 6) is 1.64. The van der Waals surface area contributed by atoms with Gasteiger partial charge in [0.25, 0.3) is 0 Å². The van der Waals surface area contributed by atoms with Gasteiger partial charge in [0.2, 0.25) is 0 Å². The monoisotopic (exact) mass is 389 g/mol. The minimum Gasteiger partial charge on any atom is -0.356 e. The summed E-state index contributed by atoms with van der Waals surface area (Å²) in [4.78, 5) is 4.22. The summed E-state index contributed by atoms with van der Waals surface area (Å²) < 4.78 is 0. The Hall–Kier alpha value is -0.780. The van der Waals surface area contributed by atoms with E-state index < -0.39 is 0 Å². The molecule has 0 amide bonds. The summed E-state index contributed by atoms with van der Waals surface area (Å²) in [6, 6.07) is 10.6. The van der Waals surface area contributed by atoms with Crippen molar-refractivity contribution in [3.05, 3.63) is 35.9 Å². The lowest BCUT2D eigenvalue weighted by molar-refractivity contribution is 0.573. The molecule has 0 aromatic heterocycles.